The molecule has 0 radical (unpaired) electrons. The number of ether oxygens (including phenoxy) is 1. The summed E-state index contributed by atoms with van der Waals surface area (Å²) in [7, 11) is -3.05. The SMILES string of the molecule is CS(=O)(=O)CCN(Cc1ccc(-c2ccc3ncnc(Nc4ccc(OCc5cccc(F)c5)c(Cl)c4)c3c2)o1)C1CCC1. The summed E-state index contributed by atoms with van der Waals surface area (Å²) >= 11 is 6.51. The largest absolute Gasteiger partial charge is 0.487 e. The number of hydrogen-bond acceptors (Lipinski definition) is 8. The molecule has 3 aromatic carbocycles. The number of nitrogens with zero attached hydrogens (tertiary/aromatic N) is 3. The van der Waals surface area contributed by atoms with E-state index in [0.717, 1.165) is 35.1 Å². The van der Waals surface area contributed by atoms with Crippen LogP contribution in [-0.2, 0) is 23.0 Å². The molecule has 0 atom stereocenters. The van der Waals surface area contributed by atoms with Crippen molar-refractivity contribution in [1.82, 2.24) is 14.9 Å². The molecular weight excluding hydrogens is 603 g/mol. The first-order valence-electron chi connectivity index (χ1n) is 14.4. The summed E-state index contributed by atoms with van der Waals surface area (Å²) in [5.74, 6) is 2.39. The number of anilines is 2. The molecule has 0 saturated heterocycles. The fourth-order valence-electron chi connectivity index (χ4n) is 5.17. The molecule has 8 nitrogen and oxygen atoms in total. The van der Waals surface area contributed by atoms with Gasteiger partial charge in [-0.3, -0.25) is 4.90 Å². The second-order valence-electron chi connectivity index (χ2n) is 11.1. The van der Waals surface area contributed by atoms with E-state index < -0.39 is 9.84 Å². The average molecular weight is 635 g/mol. The highest BCUT2D eigenvalue weighted by molar-refractivity contribution is 7.90. The molecule has 1 saturated carbocycles. The standard InChI is InChI=1S/C33H32ClFN4O4S/c1-44(40,41)15-14-39(26-6-3-7-26)19-27-10-13-31(43-27)23-8-11-30-28(17-23)33(37-21-36-30)38-25-9-12-32(29(34)18-25)42-20-22-4-2-5-24(35)16-22/h2,4-5,8-13,16-18,21,26H,3,6-7,14-15,19-20H2,1H3,(H,36,37,38). The van der Waals surface area contributed by atoms with Crippen LogP contribution in [0.5, 0.6) is 5.75 Å². The van der Waals surface area contributed by atoms with Crippen LogP contribution in [-0.4, -0.2) is 47.9 Å². The highest BCUT2D eigenvalue weighted by Crippen LogP contribution is 2.33. The Morgan fingerprint density at radius 3 is 2.68 bits per heavy atom. The number of furan rings is 1. The minimum atomic E-state index is -3.05. The number of rotatable bonds is 12. The van der Waals surface area contributed by atoms with E-state index in [4.69, 9.17) is 20.8 Å². The van der Waals surface area contributed by atoms with E-state index in [9.17, 15) is 12.8 Å². The van der Waals surface area contributed by atoms with Crippen molar-refractivity contribution in [2.24, 2.45) is 0 Å². The van der Waals surface area contributed by atoms with Crippen molar-refractivity contribution in [2.75, 3.05) is 23.9 Å². The number of nitrogens with one attached hydrogen (secondary N) is 1. The van der Waals surface area contributed by atoms with E-state index in [1.54, 1.807) is 24.3 Å². The van der Waals surface area contributed by atoms with Gasteiger partial charge in [0.05, 0.1) is 22.8 Å². The maximum atomic E-state index is 13.5. The van der Waals surface area contributed by atoms with E-state index in [0.29, 0.717) is 52.7 Å². The lowest BCUT2D eigenvalue weighted by atomic mass is 9.91. The van der Waals surface area contributed by atoms with Gasteiger partial charge >= 0.3 is 0 Å². The normalized spacial score (nSPS) is 13.7. The van der Waals surface area contributed by atoms with Crippen LogP contribution in [0.2, 0.25) is 5.02 Å². The second kappa shape index (κ2) is 12.9. The fourth-order valence-corrected chi connectivity index (χ4v) is 5.97. The minimum Gasteiger partial charge on any atom is -0.487 e. The molecule has 5 aromatic rings. The summed E-state index contributed by atoms with van der Waals surface area (Å²) in [5.41, 5.74) is 3.05. The van der Waals surface area contributed by atoms with E-state index >= 15 is 0 Å². The monoisotopic (exact) mass is 634 g/mol. The molecule has 228 valence electrons. The number of aromatic nitrogens is 2. The molecule has 0 spiro atoms. The second-order valence-corrected chi connectivity index (χ2v) is 13.8. The van der Waals surface area contributed by atoms with Crippen LogP contribution in [0.1, 0.15) is 30.6 Å². The summed E-state index contributed by atoms with van der Waals surface area (Å²) in [6, 6.07) is 21.7. The van der Waals surface area contributed by atoms with Crippen LogP contribution in [0.3, 0.4) is 0 Å². The Morgan fingerprint density at radius 2 is 1.93 bits per heavy atom. The Balaban J connectivity index is 1.17. The zero-order valence-electron chi connectivity index (χ0n) is 24.2. The molecule has 0 bridgehead atoms. The Hall–Kier alpha value is -3.99. The van der Waals surface area contributed by atoms with Crippen LogP contribution in [0.25, 0.3) is 22.2 Å². The van der Waals surface area contributed by atoms with E-state index in [1.165, 1.54) is 31.1 Å². The first-order valence-corrected chi connectivity index (χ1v) is 16.8. The maximum absolute atomic E-state index is 13.5. The van der Waals surface area contributed by atoms with Crippen molar-refractivity contribution in [1.29, 1.82) is 0 Å². The lowest BCUT2D eigenvalue weighted by Gasteiger charge is -2.36. The minimum absolute atomic E-state index is 0.132. The Bertz CT molecular complexity index is 1890. The average Bonchev–Trinajstić information content (AvgIpc) is 3.43. The third-order valence-corrected chi connectivity index (χ3v) is 8.98. The van der Waals surface area contributed by atoms with Gasteiger partial charge in [-0.15, -0.1) is 0 Å². The van der Waals surface area contributed by atoms with Crippen molar-refractivity contribution in [2.45, 2.75) is 38.5 Å². The van der Waals surface area contributed by atoms with Crippen LogP contribution in [0, 0.1) is 5.82 Å². The van der Waals surface area contributed by atoms with Crippen molar-refractivity contribution in [3.63, 3.8) is 0 Å². The summed E-state index contributed by atoms with van der Waals surface area (Å²) in [4.78, 5) is 11.1. The molecule has 0 aliphatic heterocycles. The van der Waals surface area contributed by atoms with Gasteiger partial charge in [0.2, 0.25) is 0 Å². The van der Waals surface area contributed by atoms with Crippen LogP contribution >= 0.6 is 11.6 Å². The molecule has 6 rings (SSSR count). The summed E-state index contributed by atoms with van der Waals surface area (Å²) in [6.07, 6.45) is 6.10. The number of sulfone groups is 1. The van der Waals surface area contributed by atoms with Crippen molar-refractivity contribution in [3.05, 3.63) is 101 Å². The topological polar surface area (TPSA) is 97.6 Å². The van der Waals surface area contributed by atoms with Gasteiger partial charge in [-0.25, -0.2) is 22.8 Å². The number of hydrogen-bond donors (Lipinski definition) is 1. The van der Waals surface area contributed by atoms with Gasteiger partial charge in [-0.2, -0.15) is 0 Å². The van der Waals surface area contributed by atoms with Gasteiger partial charge < -0.3 is 14.5 Å². The Kier molecular flexibility index (Phi) is 8.83. The third kappa shape index (κ3) is 7.38. The van der Waals surface area contributed by atoms with E-state index in [2.05, 4.69) is 20.2 Å². The highest BCUT2D eigenvalue weighted by Gasteiger charge is 2.26. The van der Waals surface area contributed by atoms with Gasteiger partial charge in [-0.05, 0) is 79.1 Å². The predicted molar refractivity (Wildman–Crippen MR) is 170 cm³/mol. The van der Waals surface area contributed by atoms with Gasteiger partial charge in [0.15, 0.2) is 0 Å². The van der Waals surface area contributed by atoms with E-state index in [-0.39, 0.29) is 18.2 Å². The molecule has 2 aromatic heterocycles. The van der Waals surface area contributed by atoms with Gasteiger partial charge in [0, 0.05) is 35.5 Å². The Labute approximate surface area is 260 Å². The summed E-state index contributed by atoms with van der Waals surface area (Å²) in [6.45, 7) is 1.25. The summed E-state index contributed by atoms with van der Waals surface area (Å²) in [5, 5.41) is 4.54. The molecule has 1 fully saturated rings. The predicted octanol–water partition coefficient (Wildman–Crippen LogP) is 7.40. The van der Waals surface area contributed by atoms with Crippen LogP contribution < -0.4 is 10.1 Å². The lowest BCUT2D eigenvalue weighted by Crippen LogP contribution is -2.41. The zero-order valence-corrected chi connectivity index (χ0v) is 25.7. The van der Waals surface area contributed by atoms with Gasteiger partial charge in [-0.1, -0.05) is 30.2 Å². The molecule has 11 heteroatoms. The Morgan fingerprint density at radius 1 is 1.07 bits per heavy atom. The number of benzene rings is 3. The molecular formula is C33H32ClFN4O4S. The third-order valence-electron chi connectivity index (χ3n) is 7.76. The van der Waals surface area contributed by atoms with Crippen molar-refractivity contribution < 1.29 is 22.0 Å². The molecule has 1 aliphatic carbocycles. The highest BCUT2D eigenvalue weighted by atomic mass is 35.5. The molecule has 1 aliphatic rings. The fraction of sp³-hybridized carbons (Fsp3) is 0.273. The zero-order chi connectivity index (χ0) is 30.7. The summed E-state index contributed by atoms with van der Waals surface area (Å²) < 4.78 is 49.1. The van der Waals surface area contributed by atoms with Crippen molar-refractivity contribution in [3.8, 4) is 17.1 Å². The molecule has 0 unspecified atom stereocenters. The first-order chi connectivity index (χ1) is 21.2. The van der Waals surface area contributed by atoms with Gasteiger partial charge in [0.25, 0.3) is 0 Å². The first kappa shape index (κ1) is 30.1. The number of halogens is 2. The van der Waals surface area contributed by atoms with Crippen LogP contribution in [0.15, 0.2) is 83.5 Å². The quantitative estimate of drug-likeness (QED) is 0.152. The lowest BCUT2D eigenvalue weighted by molar-refractivity contribution is 0.119. The molecule has 2 heterocycles. The van der Waals surface area contributed by atoms with Crippen LogP contribution in [0.4, 0.5) is 15.9 Å². The maximum Gasteiger partial charge on any atom is 0.148 e. The van der Waals surface area contributed by atoms with Gasteiger partial charge in [0.1, 0.15) is 51.7 Å². The molecule has 1 N–H and O–H groups in total. The molecule has 44 heavy (non-hydrogen) atoms. The smallest absolute Gasteiger partial charge is 0.148 e. The molecule has 0 amide bonds. The van der Waals surface area contributed by atoms with Crippen molar-refractivity contribution >= 4 is 43.8 Å². The number of fused-ring (bicyclic) bond motifs is 1. The van der Waals surface area contributed by atoms with E-state index in [1.807, 2.05) is 36.4 Å².